The largest absolute Gasteiger partial charge is 0.452 e. The maximum atomic E-state index is 11.9. The summed E-state index contributed by atoms with van der Waals surface area (Å²) in [6.07, 6.45) is -1.95. The van der Waals surface area contributed by atoms with Crippen molar-refractivity contribution < 1.29 is 28.6 Å². The number of hydrogen-bond acceptors (Lipinski definition) is 6. The summed E-state index contributed by atoms with van der Waals surface area (Å²) >= 11 is 0. The Hall–Kier alpha value is -1.43. The van der Waals surface area contributed by atoms with Gasteiger partial charge in [0, 0.05) is 12.0 Å². The van der Waals surface area contributed by atoms with E-state index in [1.165, 1.54) is 13.8 Å². The molecule has 20 heavy (non-hydrogen) atoms. The van der Waals surface area contributed by atoms with E-state index in [2.05, 4.69) is 0 Å². The fourth-order valence-electron chi connectivity index (χ4n) is 1.40. The summed E-state index contributed by atoms with van der Waals surface area (Å²) in [4.78, 5) is 34.9. The number of carbonyl (C=O) groups excluding carboxylic acids is 3. The highest BCUT2D eigenvalue weighted by Crippen LogP contribution is 2.18. The molecule has 2 unspecified atom stereocenters. The normalized spacial score (nSPS) is 14.3. The van der Waals surface area contributed by atoms with Crippen LogP contribution in [0.4, 0.5) is 0 Å². The summed E-state index contributed by atoms with van der Waals surface area (Å²) in [5, 5.41) is 0. The van der Waals surface area contributed by atoms with Gasteiger partial charge in [0.2, 0.25) is 0 Å². The van der Waals surface area contributed by atoms with Crippen LogP contribution in [0.1, 0.15) is 41.5 Å². The van der Waals surface area contributed by atoms with Crippen molar-refractivity contribution in [2.24, 2.45) is 5.41 Å². The standard InChI is InChI=1S/C14H24O6/c1-7-18-8-11(15)19-10(3)13(17)20-9(2)12(16)14(4,5)6/h9-10H,7-8H2,1-6H3. The molecule has 6 heteroatoms. The molecule has 0 heterocycles. The zero-order chi connectivity index (χ0) is 15.9. The summed E-state index contributed by atoms with van der Waals surface area (Å²) in [5.41, 5.74) is -0.603. The van der Waals surface area contributed by atoms with Crippen LogP contribution in [0.15, 0.2) is 0 Å². The molecule has 2 atom stereocenters. The lowest BCUT2D eigenvalue weighted by atomic mass is 9.88. The highest BCUT2D eigenvalue weighted by atomic mass is 16.6. The zero-order valence-electron chi connectivity index (χ0n) is 13.0. The van der Waals surface area contributed by atoms with Gasteiger partial charge in [-0.05, 0) is 20.8 Å². The van der Waals surface area contributed by atoms with Crippen LogP contribution in [0.25, 0.3) is 0 Å². The van der Waals surface area contributed by atoms with E-state index in [0.717, 1.165) is 0 Å². The Balaban J connectivity index is 4.33. The lowest BCUT2D eigenvalue weighted by Gasteiger charge is -2.23. The molecule has 0 rings (SSSR count). The molecule has 0 bridgehead atoms. The molecule has 0 aliphatic rings. The molecule has 0 aromatic rings. The lowest BCUT2D eigenvalue weighted by molar-refractivity contribution is -0.174. The molecular formula is C14H24O6. The molecule has 0 N–H and O–H groups in total. The number of Topliss-reactive ketones (excluding diaryl/α,β-unsaturated/α-hetero) is 1. The van der Waals surface area contributed by atoms with E-state index in [1.807, 2.05) is 0 Å². The van der Waals surface area contributed by atoms with Gasteiger partial charge in [0.25, 0.3) is 0 Å². The smallest absolute Gasteiger partial charge is 0.347 e. The van der Waals surface area contributed by atoms with Gasteiger partial charge < -0.3 is 14.2 Å². The number of hydrogen-bond donors (Lipinski definition) is 0. The molecule has 0 aromatic carbocycles. The number of ketones is 1. The Morgan fingerprint density at radius 2 is 1.55 bits per heavy atom. The van der Waals surface area contributed by atoms with E-state index >= 15 is 0 Å². The summed E-state index contributed by atoms with van der Waals surface area (Å²) < 4.78 is 14.7. The average molecular weight is 288 g/mol. The van der Waals surface area contributed by atoms with Crippen LogP contribution >= 0.6 is 0 Å². The van der Waals surface area contributed by atoms with E-state index in [9.17, 15) is 14.4 Å². The molecule has 0 aromatic heterocycles. The zero-order valence-corrected chi connectivity index (χ0v) is 13.0. The van der Waals surface area contributed by atoms with Crippen molar-refractivity contribution in [3.8, 4) is 0 Å². The minimum atomic E-state index is -1.07. The fraction of sp³-hybridized carbons (Fsp3) is 0.786. The van der Waals surface area contributed by atoms with Gasteiger partial charge in [-0.3, -0.25) is 4.79 Å². The Labute approximate surface area is 119 Å². The third kappa shape index (κ3) is 6.65. The fourth-order valence-corrected chi connectivity index (χ4v) is 1.40. The molecule has 116 valence electrons. The van der Waals surface area contributed by atoms with Gasteiger partial charge in [0.05, 0.1) is 0 Å². The van der Waals surface area contributed by atoms with Crippen molar-refractivity contribution in [3.63, 3.8) is 0 Å². The predicted molar refractivity (Wildman–Crippen MR) is 72.1 cm³/mol. The first-order chi connectivity index (χ1) is 9.09. The van der Waals surface area contributed by atoms with Crippen LogP contribution in [0.2, 0.25) is 0 Å². The van der Waals surface area contributed by atoms with Gasteiger partial charge in [-0.15, -0.1) is 0 Å². The third-order valence-corrected chi connectivity index (χ3v) is 2.47. The second kappa shape index (κ2) is 7.99. The third-order valence-electron chi connectivity index (χ3n) is 2.47. The molecule has 0 saturated heterocycles. The number of carbonyl (C=O) groups is 3. The molecule has 0 radical (unpaired) electrons. The maximum Gasteiger partial charge on any atom is 0.347 e. The van der Waals surface area contributed by atoms with Gasteiger partial charge in [0.15, 0.2) is 18.0 Å². The monoisotopic (exact) mass is 288 g/mol. The highest BCUT2D eigenvalue weighted by molar-refractivity contribution is 5.90. The van der Waals surface area contributed by atoms with Crippen molar-refractivity contribution in [2.45, 2.75) is 53.8 Å². The van der Waals surface area contributed by atoms with Crippen molar-refractivity contribution >= 4 is 17.7 Å². The topological polar surface area (TPSA) is 78.9 Å². The molecule has 0 aliphatic heterocycles. The van der Waals surface area contributed by atoms with Crippen LogP contribution in [0.5, 0.6) is 0 Å². The van der Waals surface area contributed by atoms with Crippen LogP contribution in [-0.4, -0.2) is 43.1 Å². The highest BCUT2D eigenvalue weighted by Gasteiger charge is 2.31. The molecular weight excluding hydrogens is 264 g/mol. The second-order valence-electron chi connectivity index (χ2n) is 5.46. The van der Waals surface area contributed by atoms with Crippen molar-refractivity contribution in [2.75, 3.05) is 13.2 Å². The number of ether oxygens (including phenoxy) is 3. The molecule has 0 amide bonds. The van der Waals surface area contributed by atoms with Crippen LogP contribution in [-0.2, 0) is 28.6 Å². The van der Waals surface area contributed by atoms with E-state index in [1.54, 1.807) is 27.7 Å². The van der Waals surface area contributed by atoms with Crippen LogP contribution in [0, 0.1) is 5.41 Å². The van der Waals surface area contributed by atoms with Crippen LogP contribution in [0.3, 0.4) is 0 Å². The minimum absolute atomic E-state index is 0.196. The van der Waals surface area contributed by atoms with Crippen molar-refractivity contribution in [1.29, 1.82) is 0 Å². The van der Waals surface area contributed by atoms with E-state index in [4.69, 9.17) is 14.2 Å². The van der Waals surface area contributed by atoms with Gasteiger partial charge >= 0.3 is 11.9 Å². The summed E-state index contributed by atoms with van der Waals surface area (Å²) in [5.74, 6) is -1.59. The first-order valence-electron chi connectivity index (χ1n) is 6.61. The summed E-state index contributed by atoms with van der Waals surface area (Å²) in [6.45, 7) is 10.0. The van der Waals surface area contributed by atoms with Crippen molar-refractivity contribution in [3.05, 3.63) is 0 Å². The van der Waals surface area contributed by atoms with E-state index in [0.29, 0.717) is 6.61 Å². The Bertz CT molecular complexity index is 355. The summed E-state index contributed by atoms with van der Waals surface area (Å²) in [6, 6.07) is 0. The van der Waals surface area contributed by atoms with Gasteiger partial charge in [-0.25, -0.2) is 9.59 Å². The van der Waals surface area contributed by atoms with E-state index in [-0.39, 0.29) is 12.4 Å². The quantitative estimate of drug-likeness (QED) is 0.661. The maximum absolute atomic E-state index is 11.9. The second-order valence-corrected chi connectivity index (χ2v) is 5.46. The minimum Gasteiger partial charge on any atom is -0.452 e. The Morgan fingerprint density at radius 3 is 2.00 bits per heavy atom. The number of rotatable bonds is 7. The Kier molecular flexibility index (Phi) is 7.42. The Morgan fingerprint density at radius 1 is 1.00 bits per heavy atom. The van der Waals surface area contributed by atoms with Gasteiger partial charge in [0.1, 0.15) is 6.61 Å². The first kappa shape index (κ1) is 18.6. The van der Waals surface area contributed by atoms with Gasteiger partial charge in [-0.1, -0.05) is 20.8 Å². The van der Waals surface area contributed by atoms with Crippen molar-refractivity contribution in [1.82, 2.24) is 0 Å². The number of esters is 2. The first-order valence-corrected chi connectivity index (χ1v) is 6.61. The lowest BCUT2D eigenvalue weighted by Crippen LogP contribution is -2.37. The molecule has 6 nitrogen and oxygen atoms in total. The molecule has 0 spiro atoms. The van der Waals surface area contributed by atoms with E-state index < -0.39 is 29.6 Å². The SMILES string of the molecule is CCOCC(=O)OC(C)C(=O)OC(C)C(=O)C(C)(C)C. The predicted octanol–water partition coefficient (Wildman–Crippen LogP) is 1.50. The molecule has 0 fully saturated rings. The molecule has 0 saturated carbocycles. The average Bonchev–Trinajstić information content (AvgIpc) is 2.33. The summed E-state index contributed by atoms with van der Waals surface area (Å²) in [7, 11) is 0. The van der Waals surface area contributed by atoms with Gasteiger partial charge in [-0.2, -0.15) is 0 Å². The van der Waals surface area contributed by atoms with Crippen LogP contribution < -0.4 is 0 Å². The molecule has 0 aliphatic carbocycles.